The molecule has 2 amide bonds. The fourth-order valence-electron chi connectivity index (χ4n) is 2.62. The summed E-state index contributed by atoms with van der Waals surface area (Å²) < 4.78 is 0. The monoisotopic (exact) mass is 333 g/mol. The van der Waals surface area contributed by atoms with E-state index in [1.165, 1.54) is 18.2 Å². The Bertz CT molecular complexity index is 583. The van der Waals surface area contributed by atoms with Crippen LogP contribution in [0.4, 0.5) is 11.4 Å². The molecular formula is C17H23N3O2S. The zero-order valence-electron chi connectivity index (χ0n) is 13.2. The average Bonchev–Trinajstić information content (AvgIpc) is 2.55. The van der Waals surface area contributed by atoms with Gasteiger partial charge >= 0.3 is 0 Å². The molecule has 0 spiro atoms. The van der Waals surface area contributed by atoms with E-state index >= 15 is 0 Å². The van der Waals surface area contributed by atoms with Gasteiger partial charge in [0.15, 0.2) is 0 Å². The number of benzene rings is 1. The predicted molar refractivity (Wildman–Crippen MR) is 97.2 cm³/mol. The summed E-state index contributed by atoms with van der Waals surface area (Å²) in [7, 11) is 0. The van der Waals surface area contributed by atoms with Gasteiger partial charge in [-0.2, -0.15) is 0 Å². The van der Waals surface area contributed by atoms with Crippen molar-refractivity contribution in [3.8, 4) is 0 Å². The van der Waals surface area contributed by atoms with E-state index in [1.54, 1.807) is 18.2 Å². The highest BCUT2D eigenvalue weighted by molar-refractivity contribution is 8.00. The van der Waals surface area contributed by atoms with Crippen LogP contribution in [0.15, 0.2) is 30.9 Å². The van der Waals surface area contributed by atoms with Crippen molar-refractivity contribution in [1.82, 2.24) is 0 Å². The molecule has 1 heterocycles. The van der Waals surface area contributed by atoms with E-state index in [0.29, 0.717) is 17.0 Å². The van der Waals surface area contributed by atoms with E-state index in [9.17, 15) is 9.59 Å². The number of anilines is 2. The molecule has 0 bridgehead atoms. The Morgan fingerprint density at radius 3 is 2.70 bits per heavy atom. The molecule has 0 aromatic heterocycles. The number of hydrogen-bond donors (Lipinski definition) is 2. The Balaban J connectivity index is 2.18. The lowest BCUT2D eigenvalue weighted by Gasteiger charge is -2.30. The fourth-order valence-corrected chi connectivity index (χ4v) is 3.16. The van der Waals surface area contributed by atoms with Crippen molar-refractivity contribution in [3.63, 3.8) is 0 Å². The van der Waals surface area contributed by atoms with Gasteiger partial charge in [0, 0.05) is 24.4 Å². The largest absolute Gasteiger partial charge is 0.370 e. The molecule has 1 aromatic rings. The van der Waals surface area contributed by atoms with Gasteiger partial charge < -0.3 is 16.0 Å². The van der Waals surface area contributed by atoms with Gasteiger partial charge in [-0.15, -0.1) is 18.3 Å². The molecule has 0 radical (unpaired) electrons. The highest BCUT2D eigenvalue weighted by Crippen LogP contribution is 2.29. The first-order valence-electron chi connectivity index (χ1n) is 7.79. The van der Waals surface area contributed by atoms with Gasteiger partial charge in [0.05, 0.1) is 17.1 Å². The number of thioether (sulfide) groups is 1. The van der Waals surface area contributed by atoms with Gasteiger partial charge in [0.25, 0.3) is 0 Å². The van der Waals surface area contributed by atoms with Crippen molar-refractivity contribution >= 4 is 35.0 Å². The molecule has 0 unspecified atom stereocenters. The molecule has 5 nitrogen and oxygen atoms in total. The van der Waals surface area contributed by atoms with Crippen LogP contribution in [0.25, 0.3) is 0 Å². The molecule has 124 valence electrons. The normalized spacial score (nSPS) is 14.3. The maximum atomic E-state index is 12.1. The number of nitrogens with zero attached hydrogens (tertiary/aromatic N) is 1. The highest BCUT2D eigenvalue weighted by atomic mass is 32.2. The van der Waals surface area contributed by atoms with Crippen molar-refractivity contribution in [2.24, 2.45) is 5.73 Å². The molecule has 1 saturated heterocycles. The van der Waals surface area contributed by atoms with Crippen LogP contribution in [0.1, 0.15) is 29.6 Å². The summed E-state index contributed by atoms with van der Waals surface area (Å²) in [5.41, 5.74) is 7.38. The molecule has 1 aliphatic heterocycles. The minimum Gasteiger partial charge on any atom is -0.370 e. The first kappa shape index (κ1) is 17.4. The molecule has 0 aliphatic carbocycles. The topological polar surface area (TPSA) is 75.4 Å². The summed E-state index contributed by atoms with van der Waals surface area (Å²) in [5.74, 6) is 0.503. The maximum absolute atomic E-state index is 12.1. The molecule has 6 heteroatoms. The summed E-state index contributed by atoms with van der Waals surface area (Å²) in [5, 5.41) is 2.92. The van der Waals surface area contributed by atoms with Crippen molar-refractivity contribution in [2.45, 2.75) is 19.3 Å². The van der Waals surface area contributed by atoms with Gasteiger partial charge in [-0.3, -0.25) is 9.59 Å². The number of rotatable bonds is 7. The molecule has 3 N–H and O–H groups in total. The van der Waals surface area contributed by atoms with Crippen LogP contribution in [-0.2, 0) is 4.79 Å². The lowest BCUT2D eigenvalue weighted by atomic mass is 10.1. The minimum atomic E-state index is -0.494. The second kappa shape index (κ2) is 8.62. The summed E-state index contributed by atoms with van der Waals surface area (Å²) in [6, 6.07) is 5.26. The van der Waals surface area contributed by atoms with E-state index < -0.39 is 5.91 Å². The Labute approximate surface area is 141 Å². The molecule has 0 saturated carbocycles. The third-order valence-electron chi connectivity index (χ3n) is 3.72. The Kier molecular flexibility index (Phi) is 6.52. The number of hydrogen-bond acceptors (Lipinski definition) is 4. The van der Waals surface area contributed by atoms with E-state index in [4.69, 9.17) is 5.73 Å². The van der Waals surface area contributed by atoms with Crippen LogP contribution in [0.2, 0.25) is 0 Å². The van der Waals surface area contributed by atoms with Crippen molar-refractivity contribution in [3.05, 3.63) is 36.4 Å². The number of primary amides is 1. The SMILES string of the molecule is C=CCSCC(=O)Nc1cc(C(N)=O)ccc1N1CCCCC1. The van der Waals surface area contributed by atoms with E-state index in [1.807, 2.05) is 6.07 Å². The second-order valence-corrected chi connectivity index (χ2v) is 6.53. The fraction of sp³-hybridized carbons (Fsp3) is 0.412. The smallest absolute Gasteiger partial charge is 0.248 e. The number of carbonyl (C=O) groups is 2. The molecule has 1 aromatic carbocycles. The van der Waals surface area contributed by atoms with E-state index in [2.05, 4.69) is 16.8 Å². The Hall–Kier alpha value is -1.95. The summed E-state index contributed by atoms with van der Waals surface area (Å²) in [6.45, 7) is 5.56. The van der Waals surface area contributed by atoms with Crippen LogP contribution in [-0.4, -0.2) is 36.4 Å². The summed E-state index contributed by atoms with van der Waals surface area (Å²) in [6.07, 6.45) is 5.28. The molecule has 23 heavy (non-hydrogen) atoms. The molecule has 1 fully saturated rings. The summed E-state index contributed by atoms with van der Waals surface area (Å²) in [4.78, 5) is 25.8. The third-order valence-corrected chi connectivity index (χ3v) is 4.66. The lowest BCUT2D eigenvalue weighted by molar-refractivity contribution is -0.113. The van der Waals surface area contributed by atoms with Crippen LogP contribution in [0.5, 0.6) is 0 Å². The maximum Gasteiger partial charge on any atom is 0.248 e. The average molecular weight is 333 g/mol. The number of amides is 2. The number of nitrogens with two attached hydrogens (primary N) is 1. The van der Waals surface area contributed by atoms with Crippen molar-refractivity contribution < 1.29 is 9.59 Å². The quantitative estimate of drug-likeness (QED) is 0.594. The third kappa shape index (κ3) is 5.03. The molecule has 0 atom stereocenters. The van der Waals surface area contributed by atoms with Crippen LogP contribution >= 0.6 is 11.8 Å². The number of carbonyl (C=O) groups excluding carboxylic acids is 2. The zero-order valence-corrected chi connectivity index (χ0v) is 14.0. The standard InChI is InChI=1S/C17H23N3O2S/c1-2-10-23-12-16(21)19-14-11-13(17(18)22)6-7-15(14)20-8-4-3-5-9-20/h2,6-7,11H,1,3-5,8-10,12H2,(H2,18,22)(H,19,21). The first-order chi connectivity index (χ1) is 11.1. The second-order valence-electron chi connectivity index (χ2n) is 5.50. The molecular weight excluding hydrogens is 310 g/mol. The minimum absolute atomic E-state index is 0.0864. The van der Waals surface area contributed by atoms with Gasteiger partial charge in [-0.25, -0.2) is 0 Å². The van der Waals surface area contributed by atoms with Crippen LogP contribution in [0, 0.1) is 0 Å². The Morgan fingerprint density at radius 2 is 2.04 bits per heavy atom. The van der Waals surface area contributed by atoms with Gasteiger partial charge in [0.2, 0.25) is 11.8 Å². The van der Waals surface area contributed by atoms with Crippen molar-refractivity contribution in [2.75, 3.05) is 34.8 Å². The molecule has 1 aliphatic rings. The first-order valence-corrected chi connectivity index (χ1v) is 8.94. The number of piperidine rings is 1. The van der Waals surface area contributed by atoms with Gasteiger partial charge in [-0.05, 0) is 37.5 Å². The van der Waals surface area contributed by atoms with Crippen molar-refractivity contribution in [1.29, 1.82) is 0 Å². The molecule has 2 rings (SSSR count). The highest BCUT2D eigenvalue weighted by Gasteiger charge is 2.17. The van der Waals surface area contributed by atoms with Gasteiger partial charge in [0.1, 0.15) is 0 Å². The van der Waals surface area contributed by atoms with Crippen LogP contribution in [0.3, 0.4) is 0 Å². The van der Waals surface area contributed by atoms with Crippen LogP contribution < -0.4 is 16.0 Å². The Morgan fingerprint density at radius 1 is 1.30 bits per heavy atom. The van der Waals surface area contributed by atoms with Gasteiger partial charge in [-0.1, -0.05) is 6.08 Å². The van der Waals surface area contributed by atoms with E-state index in [0.717, 1.165) is 37.4 Å². The zero-order chi connectivity index (χ0) is 16.7. The lowest BCUT2D eigenvalue weighted by Crippen LogP contribution is -2.30. The summed E-state index contributed by atoms with van der Waals surface area (Å²) >= 11 is 1.50. The number of nitrogens with one attached hydrogen (secondary N) is 1. The van der Waals surface area contributed by atoms with E-state index in [-0.39, 0.29) is 5.91 Å². The predicted octanol–water partition coefficient (Wildman–Crippen LogP) is 2.63.